The van der Waals surface area contributed by atoms with Gasteiger partial charge in [0, 0.05) is 19.7 Å². The molecule has 0 radical (unpaired) electrons. The Balaban J connectivity index is 2.08. The zero-order valence-corrected chi connectivity index (χ0v) is 14.7. The number of nitrogens with zero attached hydrogens (tertiary/aromatic N) is 2. The molecule has 0 aliphatic heterocycles. The van der Waals surface area contributed by atoms with Gasteiger partial charge in [0.05, 0.1) is 13.2 Å². The van der Waals surface area contributed by atoms with Gasteiger partial charge in [-0.05, 0) is 31.5 Å². The average molecular weight is 371 g/mol. The summed E-state index contributed by atoms with van der Waals surface area (Å²) in [4.78, 5) is 12.1. The molecule has 1 N–H and O–H groups in total. The van der Waals surface area contributed by atoms with Crippen molar-refractivity contribution < 1.29 is 27.4 Å². The second-order valence-corrected chi connectivity index (χ2v) is 5.37. The van der Waals surface area contributed by atoms with Crippen LogP contribution in [0, 0.1) is 0 Å². The highest BCUT2D eigenvalue weighted by Crippen LogP contribution is 2.30. The Labute approximate surface area is 148 Å². The number of carbonyl (C=O) groups excluding carboxylic acids is 1. The third-order valence-electron chi connectivity index (χ3n) is 3.46. The molecule has 6 nitrogen and oxygen atoms in total. The highest BCUT2D eigenvalue weighted by atomic mass is 19.4. The summed E-state index contributed by atoms with van der Waals surface area (Å²) in [5.74, 6) is 0.435. The van der Waals surface area contributed by atoms with E-state index in [1.165, 1.54) is 0 Å². The fourth-order valence-corrected chi connectivity index (χ4v) is 2.32. The lowest BCUT2D eigenvalue weighted by Gasteiger charge is -2.12. The molecule has 2 rings (SSSR count). The Bertz CT molecular complexity index is 772. The first kappa shape index (κ1) is 19.6. The van der Waals surface area contributed by atoms with Crippen molar-refractivity contribution in [2.75, 3.05) is 13.2 Å². The number of halogens is 3. The molecular weight excluding hydrogens is 351 g/mol. The molecule has 1 aromatic carbocycles. The summed E-state index contributed by atoms with van der Waals surface area (Å²) in [6.07, 6.45) is -4.57. The van der Waals surface area contributed by atoms with Gasteiger partial charge >= 0.3 is 6.18 Å². The lowest BCUT2D eigenvalue weighted by Crippen LogP contribution is -2.23. The van der Waals surface area contributed by atoms with Crippen LogP contribution in [0.15, 0.2) is 24.3 Å². The zero-order valence-electron chi connectivity index (χ0n) is 14.7. The van der Waals surface area contributed by atoms with E-state index in [-0.39, 0.29) is 12.2 Å². The second kappa shape index (κ2) is 8.11. The van der Waals surface area contributed by atoms with E-state index in [1.807, 2.05) is 13.8 Å². The normalized spacial score (nSPS) is 11.3. The summed E-state index contributed by atoms with van der Waals surface area (Å²) < 4.78 is 49.9. The van der Waals surface area contributed by atoms with Gasteiger partial charge in [0.15, 0.2) is 17.2 Å². The molecule has 1 aromatic heterocycles. The van der Waals surface area contributed by atoms with Crippen molar-refractivity contribution in [3.8, 4) is 11.5 Å². The molecule has 1 heterocycles. The quantitative estimate of drug-likeness (QED) is 0.812. The van der Waals surface area contributed by atoms with Gasteiger partial charge in [0.2, 0.25) is 0 Å². The number of hydrogen-bond acceptors (Lipinski definition) is 4. The summed E-state index contributed by atoms with van der Waals surface area (Å²) in [5, 5.41) is 6.16. The SMILES string of the molecule is CCOc1ccc(CNC(=O)c2cc(C(F)(F)F)n(C)n2)cc1OCC. The minimum absolute atomic E-state index is 0.114. The van der Waals surface area contributed by atoms with Crippen molar-refractivity contribution >= 4 is 5.91 Å². The van der Waals surface area contributed by atoms with Crippen molar-refractivity contribution in [1.29, 1.82) is 0 Å². The van der Waals surface area contributed by atoms with Gasteiger partial charge in [-0.25, -0.2) is 0 Å². The van der Waals surface area contributed by atoms with Crippen LogP contribution < -0.4 is 14.8 Å². The molecule has 0 spiro atoms. The van der Waals surface area contributed by atoms with Crippen molar-refractivity contribution in [1.82, 2.24) is 15.1 Å². The summed E-state index contributed by atoms with van der Waals surface area (Å²) in [6.45, 7) is 4.74. The topological polar surface area (TPSA) is 65.4 Å². The summed E-state index contributed by atoms with van der Waals surface area (Å²) in [6, 6.07) is 5.90. The lowest BCUT2D eigenvalue weighted by molar-refractivity contribution is -0.143. The minimum atomic E-state index is -4.57. The van der Waals surface area contributed by atoms with Gasteiger partial charge in [-0.15, -0.1) is 0 Å². The molecule has 0 unspecified atom stereocenters. The van der Waals surface area contributed by atoms with E-state index >= 15 is 0 Å². The van der Waals surface area contributed by atoms with E-state index in [0.717, 1.165) is 18.7 Å². The second-order valence-electron chi connectivity index (χ2n) is 5.37. The average Bonchev–Trinajstić information content (AvgIpc) is 2.97. The number of aromatic nitrogens is 2. The zero-order chi connectivity index (χ0) is 19.3. The Hall–Kier alpha value is -2.71. The van der Waals surface area contributed by atoms with Gasteiger partial charge in [0.25, 0.3) is 5.91 Å². The third kappa shape index (κ3) is 4.68. The molecule has 0 atom stereocenters. The number of nitrogens with one attached hydrogen (secondary N) is 1. The van der Waals surface area contributed by atoms with E-state index in [2.05, 4.69) is 10.4 Å². The first-order valence-corrected chi connectivity index (χ1v) is 8.04. The number of carbonyl (C=O) groups is 1. The maximum absolute atomic E-state index is 12.8. The Morgan fingerprint density at radius 1 is 1.15 bits per heavy atom. The van der Waals surface area contributed by atoms with Crippen molar-refractivity contribution in [2.24, 2.45) is 7.05 Å². The molecule has 9 heteroatoms. The number of aryl methyl sites for hydroxylation is 1. The number of hydrogen-bond donors (Lipinski definition) is 1. The first-order chi connectivity index (χ1) is 12.3. The number of benzene rings is 1. The monoisotopic (exact) mass is 371 g/mol. The summed E-state index contributed by atoms with van der Waals surface area (Å²) >= 11 is 0. The molecule has 0 aliphatic rings. The van der Waals surface area contributed by atoms with Crippen LogP contribution in [-0.4, -0.2) is 28.9 Å². The van der Waals surface area contributed by atoms with Crippen LogP contribution in [0.2, 0.25) is 0 Å². The highest BCUT2D eigenvalue weighted by Gasteiger charge is 2.35. The van der Waals surface area contributed by atoms with Gasteiger partial charge < -0.3 is 14.8 Å². The van der Waals surface area contributed by atoms with E-state index in [1.54, 1.807) is 18.2 Å². The van der Waals surface area contributed by atoms with Gasteiger partial charge in [0.1, 0.15) is 5.69 Å². The molecule has 1 amide bonds. The Morgan fingerprint density at radius 3 is 2.38 bits per heavy atom. The molecule has 0 saturated heterocycles. The van der Waals surface area contributed by atoms with Crippen LogP contribution >= 0.6 is 0 Å². The standard InChI is InChI=1S/C17H20F3N3O3/c1-4-25-13-7-6-11(8-14(13)26-5-2)10-21-16(24)12-9-15(17(18,19)20)23(3)22-12/h6-9H,4-5,10H2,1-3H3,(H,21,24). The summed E-state index contributed by atoms with van der Waals surface area (Å²) in [5.41, 5.74) is -0.560. The van der Waals surface area contributed by atoms with Crippen LogP contribution in [0.25, 0.3) is 0 Å². The van der Waals surface area contributed by atoms with Crippen molar-refractivity contribution in [2.45, 2.75) is 26.6 Å². The van der Waals surface area contributed by atoms with Gasteiger partial charge in [-0.3, -0.25) is 9.48 Å². The fraction of sp³-hybridized carbons (Fsp3) is 0.412. The molecule has 142 valence electrons. The predicted molar refractivity (Wildman–Crippen MR) is 88.2 cm³/mol. The van der Waals surface area contributed by atoms with E-state index in [9.17, 15) is 18.0 Å². The molecule has 0 bridgehead atoms. The van der Waals surface area contributed by atoms with Crippen LogP contribution in [0.1, 0.15) is 35.6 Å². The van der Waals surface area contributed by atoms with Gasteiger partial charge in [-0.2, -0.15) is 18.3 Å². The van der Waals surface area contributed by atoms with Crippen LogP contribution in [0.3, 0.4) is 0 Å². The molecule has 26 heavy (non-hydrogen) atoms. The van der Waals surface area contributed by atoms with Crippen LogP contribution in [0.5, 0.6) is 11.5 Å². The van der Waals surface area contributed by atoms with E-state index < -0.39 is 17.8 Å². The van der Waals surface area contributed by atoms with Crippen LogP contribution in [0.4, 0.5) is 13.2 Å². The molecule has 0 aliphatic carbocycles. The Kier molecular flexibility index (Phi) is 6.12. The lowest BCUT2D eigenvalue weighted by atomic mass is 10.2. The highest BCUT2D eigenvalue weighted by molar-refractivity contribution is 5.92. The maximum Gasteiger partial charge on any atom is 0.433 e. The number of amides is 1. The van der Waals surface area contributed by atoms with E-state index in [0.29, 0.717) is 29.4 Å². The number of rotatable bonds is 7. The largest absolute Gasteiger partial charge is 0.490 e. The maximum atomic E-state index is 12.8. The van der Waals surface area contributed by atoms with Crippen molar-refractivity contribution in [3.05, 3.63) is 41.2 Å². The first-order valence-electron chi connectivity index (χ1n) is 8.04. The molecule has 0 saturated carbocycles. The van der Waals surface area contributed by atoms with Gasteiger partial charge in [-0.1, -0.05) is 6.07 Å². The number of ether oxygens (including phenoxy) is 2. The van der Waals surface area contributed by atoms with Crippen molar-refractivity contribution in [3.63, 3.8) is 0 Å². The van der Waals surface area contributed by atoms with E-state index in [4.69, 9.17) is 9.47 Å². The third-order valence-corrected chi connectivity index (χ3v) is 3.46. The number of alkyl halides is 3. The molecule has 0 fully saturated rings. The minimum Gasteiger partial charge on any atom is -0.490 e. The summed E-state index contributed by atoms with van der Waals surface area (Å²) in [7, 11) is 1.14. The van der Waals surface area contributed by atoms with Crippen LogP contribution in [-0.2, 0) is 19.8 Å². The smallest absolute Gasteiger partial charge is 0.433 e. The predicted octanol–water partition coefficient (Wildman–Crippen LogP) is 3.17. The molecule has 2 aromatic rings. The Morgan fingerprint density at radius 2 is 1.81 bits per heavy atom. The molecular formula is C17H20F3N3O3. The fourth-order valence-electron chi connectivity index (χ4n) is 2.32.